The average molecular weight is 192 g/mol. The Labute approximate surface area is 84.2 Å². The molecule has 1 aliphatic carbocycles. The summed E-state index contributed by atoms with van der Waals surface area (Å²) >= 11 is 0. The second kappa shape index (κ2) is 4.01. The third-order valence-electron chi connectivity index (χ3n) is 2.94. The first kappa shape index (κ1) is 9.53. The molecule has 76 valence electrons. The number of hydrogen-bond acceptors (Lipinski definition) is 2. The standard InChI is InChI=1S/C12H16O2/c13-8-2-4-10-7-6-9-3-1-5-11(9)12(10)14/h6-7,13-14H,1-5,8H2. The van der Waals surface area contributed by atoms with E-state index in [-0.39, 0.29) is 6.61 Å². The van der Waals surface area contributed by atoms with Crippen LogP contribution in [0.3, 0.4) is 0 Å². The van der Waals surface area contributed by atoms with Gasteiger partial charge in [0.05, 0.1) is 0 Å². The van der Waals surface area contributed by atoms with Crippen molar-refractivity contribution >= 4 is 0 Å². The number of benzene rings is 1. The quantitative estimate of drug-likeness (QED) is 0.766. The summed E-state index contributed by atoms with van der Waals surface area (Å²) in [4.78, 5) is 0. The molecule has 1 aromatic rings. The minimum atomic E-state index is 0.191. The van der Waals surface area contributed by atoms with Gasteiger partial charge in [-0.05, 0) is 48.8 Å². The highest BCUT2D eigenvalue weighted by atomic mass is 16.3. The van der Waals surface area contributed by atoms with Crippen molar-refractivity contribution in [3.05, 3.63) is 28.8 Å². The summed E-state index contributed by atoms with van der Waals surface area (Å²) in [5.74, 6) is 0.480. The molecule has 2 nitrogen and oxygen atoms in total. The maximum Gasteiger partial charge on any atom is 0.122 e. The molecule has 0 fully saturated rings. The second-order valence-electron chi connectivity index (χ2n) is 3.89. The lowest BCUT2D eigenvalue weighted by Gasteiger charge is -2.08. The van der Waals surface area contributed by atoms with E-state index in [4.69, 9.17) is 5.11 Å². The summed E-state index contributed by atoms with van der Waals surface area (Å²) in [5.41, 5.74) is 3.43. The highest BCUT2D eigenvalue weighted by molar-refractivity contribution is 5.47. The molecule has 2 rings (SSSR count). The monoisotopic (exact) mass is 192 g/mol. The maximum atomic E-state index is 9.95. The molecular formula is C12H16O2. The van der Waals surface area contributed by atoms with Crippen molar-refractivity contribution in [2.24, 2.45) is 0 Å². The predicted molar refractivity (Wildman–Crippen MR) is 55.5 cm³/mol. The van der Waals surface area contributed by atoms with Crippen molar-refractivity contribution in [2.75, 3.05) is 6.61 Å². The van der Waals surface area contributed by atoms with Gasteiger partial charge in [-0.25, -0.2) is 0 Å². The molecule has 0 aromatic heterocycles. The number of aryl methyl sites for hydroxylation is 2. The summed E-state index contributed by atoms with van der Waals surface area (Å²) in [6, 6.07) is 4.11. The van der Waals surface area contributed by atoms with Gasteiger partial charge in [-0.3, -0.25) is 0 Å². The molecule has 1 aromatic carbocycles. The zero-order valence-corrected chi connectivity index (χ0v) is 8.29. The molecule has 2 heteroatoms. The summed E-state index contributed by atoms with van der Waals surface area (Å²) in [5, 5.41) is 18.7. The maximum absolute atomic E-state index is 9.95. The Morgan fingerprint density at radius 1 is 1.21 bits per heavy atom. The topological polar surface area (TPSA) is 40.5 Å². The Morgan fingerprint density at radius 3 is 2.86 bits per heavy atom. The van der Waals surface area contributed by atoms with Crippen LogP contribution >= 0.6 is 0 Å². The fourth-order valence-electron chi connectivity index (χ4n) is 2.17. The molecule has 0 unspecified atom stereocenters. The number of rotatable bonds is 3. The van der Waals surface area contributed by atoms with E-state index in [1.807, 2.05) is 6.07 Å². The van der Waals surface area contributed by atoms with Gasteiger partial charge in [0.15, 0.2) is 0 Å². The minimum Gasteiger partial charge on any atom is -0.507 e. The molecule has 0 heterocycles. The van der Waals surface area contributed by atoms with Crippen molar-refractivity contribution in [3.8, 4) is 5.75 Å². The Kier molecular flexibility index (Phi) is 2.73. The Balaban J connectivity index is 2.26. The Bertz CT molecular complexity index is 331. The predicted octanol–water partition coefficient (Wildman–Crippen LogP) is 1.81. The van der Waals surface area contributed by atoms with Crippen LogP contribution in [0.4, 0.5) is 0 Å². The summed E-state index contributed by atoms with van der Waals surface area (Å²) in [6.45, 7) is 0.191. The van der Waals surface area contributed by atoms with E-state index in [9.17, 15) is 5.11 Å². The van der Waals surface area contributed by atoms with Crippen LogP contribution in [0.2, 0.25) is 0 Å². The van der Waals surface area contributed by atoms with Crippen molar-refractivity contribution in [1.29, 1.82) is 0 Å². The first-order valence-electron chi connectivity index (χ1n) is 5.26. The molecule has 0 aliphatic heterocycles. The highest BCUT2D eigenvalue weighted by Crippen LogP contribution is 2.33. The Morgan fingerprint density at radius 2 is 2.07 bits per heavy atom. The van der Waals surface area contributed by atoms with Crippen LogP contribution in [0.15, 0.2) is 12.1 Å². The van der Waals surface area contributed by atoms with Crippen LogP contribution in [-0.2, 0) is 19.3 Å². The van der Waals surface area contributed by atoms with E-state index < -0.39 is 0 Å². The molecule has 1 aliphatic rings. The van der Waals surface area contributed by atoms with E-state index in [0.717, 1.165) is 43.2 Å². The number of fused-ring (bicyclic) bond motifs is 1. The van der Waals surface area contributed by atoms with Crippen molar-refractivity contribution in [2.45, 2.75) is 32.1 Å². The molecule has 0 saturated heterocycles. The number of phenolic OH excluding ortho intramolecular Hbond substituents is 1. The van der Waals surface area contributed by atoms with Crippen LogP contribution in [0, 0.1) is 0 Å². The van der Waals surface area contributed by atoms with E-state index in [2.05, 4.69) is 6.07 Å². The summed E-state index contributed by atoms with van der Waals surface area (Å²) in [6.07, 6.45) is 4.77. The van der Waals surface area contributed by atoms with Crippen LogP contribution < -0.4 is 0 Å². The highest BCUT2D eigenvalue weighted by Gasteiger charge is 2.16. The van der Waals surface area contributed by atoms with Gasteiger partial charge in [-0.1, -0.05) is 12.1 Å². The van der Waals surface area contributed by atoms with Crippen LogP contribution in [0.5, 0.6) is 5.75 Å². The first-order chi connectivity index (χ1) is 6.83. The Hall–Kier alpha value is -1.02. The van der Waals surface area contributed by atoms with Gasteiger partial charge in [-0.15, -0.1) is 0 Å². The molecule has 2 N–H and O–H groups in total. The van der Waals surface area contributed by atoms with Gasteiger partial charge >= 0.3 is 0 Å². The average Bonchev–Trinajstić information content (AvgIpc) is 2.66. The third kappa shape index (κ3) is 1.62. The molecule has 0 atom stereocenters. The number of hydrogen-bond donors (Lipinski definition) is 2. The summed E-state index contributed by atoms with van der Waals surface area (Å²) < 4.78 is 0. The smallest absolute Gasteiger partial charge is 0.122 e. The van der Waals surface area contributed by atoms with Gasteiger partial charge in [-0.2, -0.15) is 0 Å². The zero-order chi connectivity index (χ0) is 9.97. The fourth-order valence-corrected chi connectivity index (χ4v) is 2.17. The van der Waals surface area contributed by atoms with Gasteiger partial charge in [0, 0.05) is 6.61 Å². The van der Waals surface area contributed by atoms with Crippen molar-refractivity contribution in [3.63, 3.8) is 0 Å². The normalized spacial score (nSPS) is 14.4. The minimum absolute atomic E-state index is 0.191. The molecule has 0 radical (unpaired) electrons. The molecule has 0 spiro atoms. The van der Waals surface area contributed by atoms with E-state index in [1.165, 1.54) is 5.56 Å². The van der Waals surface area contributed by atoms with Crippen molar-refractivity contribution in [1.82, 2.24) is 0 Å². The molecule has 0 bridgehead atoms. The largest absolute Gasteiger partial charge is 0.507 e. The lowest BCUT2D eigenvalue weighted by atomic mass is 10.0. The van der Waals surface area contributed by atoms with Crippen LogP contribution in [0.25, 0.3) is 0 Å². The lowest BCUT2D eigenvalue weighted by Crippen LogP contribution is -1.93. The van der Waals surface area contributed by atoms with E-state index in [1.54, 1.807) is 0 Å². The molecule has 0 amide bonds. The van der Waals surface area contributed by atoms with Gasteiger partial charge in [0.1, 0.15) is 5.75 Å². The van der Waals surface area contributed by atoms with E-state index >= 15 is 0 Å². The number of aromatic hydroxyl groups is 1. The zero-order valence-electron chi connectivity index (χ0n) is 8.29. The first-order valence-corrected chi connectivity index (χ1v) is 5.26. The third-order valence-corrected chi connectivity index (χ3v) is 2.94. The summed E-state index contributed by atoms with van der Waals surface area (Å²) in [7, 11) is 0. The van der Waals surface area contributed by atoms with E-state index in [0.29, 0.717) is 5.75 Å². The number of aliphatic hydroxyl groups is 1. The second-order valence-corrected chi connectivity index (χ2v) is 3.89. The van der Waals surface area contributed by atoms with Crippen LogP contribution in [-0.4, -0.2) is 16.8 Å². The molecular weight excluding hydrogens is 176 g/mol. The SMILES string of the molecule is OCCCc1ccc2c(c1O)CCC2. The van der Waals surface area contributed by atoms with Crippen molar-refractivity contribution < 1.29 is 10.2 Å². The van der Waals surface area contributed by atoms with Crippen LogP contribution in [0.1, 0.15) is 29.5 Å². The molecule has 0 saturated carbocycles. The fraction of sp³-hybridized carbons (Fsp3) is 0.500. The van der Waals surface area contributed by atoms with Gasteiger partial charge < -0.3 is 10.2 Å². The van der Waals surface area contributed by atoms with Gasteiger partial charge in [0.25, 0.3) is 0 Å². The number of aliphatic hydroxyl groups excluding tert-OH is 1. The molecule has 14 heavy (non-hydrogen) atoms. The van der Waals surface area contributed by atoms with Gasteiger partial charge in [0.2, 0.25) is 0 Å². The lowest BCUT2D eigenvalue weighted by molar-refractivity contribution is 0.288. The number of phenols is 1.